The summed E-state index contributed by atoms with van der Waals surface area (Å²) in [7, 11) is 0. The summed E-state index contributed by atoms with van der Waals surface area (Å²) in [6.07, 6.45) is 6.54. The molecule has 1 heterocycles. The first-order valence-corrected chi connectivity index (χ1v) is 7.67. The predicted octanol–water partition coefficient (Wildman–Crippen LogP) is 3.28. The number of hydrogen-bond acceptors (Lipinski definition) is 2. The van der Waals surface area contributed by atoms with E-state index in [-0.39, 0.29) is 0 Å². The molecule has 0 spiro atoms. The van der Waals surface area contributed by atoms with Crippen LogP contribution in [0.1, 0.15) is 48.9 Å². The van der Waals surface area contributed by atoms with E-state index in [1.807, 2.05) is 6.20 Å². The average molecular weight is 269 g/mol. The molecule has 0 bridgehead atoms. The van der Waals surface area contributed by atoms with Crippen LogP contribution in [0.3, 0.4) is 0 Å². The van der Waals surface area contributed by atoms with Gasteiger partial charge in [-0.2, -0.15) is 5.10 Å². The zero-order valence-corrected chi connectivity index (χ0v) is 12.3. The van der Waals surface area contributed by atoms with Crippen molar-refractivity contribution < 1.29 is 0 Å². The number of nitrogens with one attached hydrogen (secondary N) is 1. The van der Waals surface area contributed by atoms with Gasteiger partial charge in [-0.15, -0.1) is 0 Å². The van der Waals surface area contributed by atoms with Crippen LogP contribution < -0.4 is 5.32 Å². The minimum Gasteiger partial charge on any atom is -0.310 e. The maximum absolute atomic E-state index is 4.48. The molecule has 1 N–H and O–H groups in total. The van der Waals surface area contributed by atoms with E-state index in [4.69, 9.17) is 0 Å². The van der Waals surface area contributed by atoms with Gasteiger partial charge in [0.15, 0.2) is 0 Å². The highest BCUT2D eigenvalue weighted by Gasteiger charge is 2.33. The summed E-state index contributed by atoms with van der Waals surface area (Å²) in [5, 5.41) is 8.13. The van der Waals surface area contributed by atoms with Gasteiger partial charge in [0.25, 0.3) is 0 Å². The molecule has 106 valence electrons. The molecule has 2 aromatic rings. The minimum absolute atomic E-state index is 0.389. The Bertz CT molecular complexity index is 573. The number of benzene rings is 1. The predicted molar refractivity (Wildman–Crippen MR) is 81.8 cm³/mol. The van der Waals surface area contributed by atoms with E-state index in [2.05, 4.69) is 59.4 Å². The van der Waals surface area contributed by atoms with Gasteiger partial charge in [-0.05, 0) is 30.5 Å². The number of fused-ring (bicyclic) bond motifs is 1. The molecule has 0 fully saturated rings. The van der Waals surface area contributed by atoms with E-state index in [1.165, 1.54) is 23.1 Å². The summed E-state index contributed by atoms with van der Waals surface area (Å²) >= 11 is 0. The molecule has 2 atom stereocenters. The first-order chi connectivity index (χ1) is 9.83. The summed E-state index contributed by atoms with van der Waals surface area (Å²) < 4.78 is 2.06. The SMILES string of the molecule is CCCn1cc(C(NCC)C2Cc3ccccc32)cn1. The zero-order valence-electron chi connectivity index (χ0n) is 12.3. The second-order valence-electron chi connectivity index (χ2n) is 5.58. The second-order valence-corrected chi connectivity index (χ2v) is 5.58. The first kappa shape index (κ1) is 13.4. The summed E-state index contributed by atoms with van der Waals surface area (Å²) in [5.41, 5.74) is 4.32. The zero-order chi connectivity index (χ0) is 13.9. The van der Waals surface area contributed by atoms with E-state index < -0.39 is 0 Å². The van der Waals surface area contributed by atoms with Crippen molar-refractivity contribution in [2.75, 3.05) is 6.54 Å². The highest BCUT2D eigenvalue weighted by atomic mass is 15.3. The molecule has 3 nitrogen and oxygen atoms in total. The molecule has 3 heteroatoms. The highest BCUT2D eigenvalue weighted by Crippen LogP contribution is 2.43. The van der Waals surface area contributed by atoms with E-state index >= 15 is 0 Å². The third kappa shape index (κ3) is 2.38. The van der Waals surface area contributed by atoms with E-state index in [0.717, 1.165) is 19.5 Å². The minimum atomic E-state index is 0.389. The molecule has 3 rings (SSSR count). The van der Waals surface area contributed by atoms with Gasteiger partial charge < -0.3 is 5.32 Å². The molecule has 0 saturated heterocycles. The molecular formula is C17H23N3. The van der Waals surface area contributed by atoms with Crippen LogP contribution in [-0.4, -0.2) is 16.3 Å². The highest BCUT2D eigenvalue weighted by molar-refractivity contribution is 5.42. The Labute approximate surface area is 121 Å². The molecular weight excluding hydrogens is 246 g/mol. The Balaban J connectivity index is 1.83. The van der Waals surface area contributed by atoms with Crippen molar-refractivity contribution in [2.45, 2.75) is 45.2 Å². The van der Waals surface area contributed by atoms with Crippen LogP contribution in [0.15, 0.2) is 36.7 Å². The van der Waals surface area contributed by atoms with Crippen molar-refractivity contribution in [1.82, 2.24) is 15.1 Å². The molecule has 1 aliphatic rings. The van der Waals surface area contributed by atoms with Crippen LogP contribution in [0.5, 0.6) is 0 Å². The molecule has 0 aliphatic heterocycles. The molecule has 1 aromatic carbocycles. The molecule has 20 heavy (non-hydrogen) atoms. The van der Waals surface area contributed by atoms with Crippen molar-refractivity contribution in [2.24, 2.45) is 0 Å². The Kier molecular flexibility index (Phi) is 3.88. The van der Waals surface area contributed by atoms with Gasteiger partial charge in [0.1, 0.15) is 0 Å². The standard InChI is InChI=1S/C17H23N3/c1-3-9-20-12-14(11-19-20)17(18-4-2)16-10-13-7-5-6-8-15(13)16/h5-8,11-12,16-18H,3-4,9-10H2,1-2H3. The van der Waals surface area contributed by atoms with E-state index in [9.17, 15) is 0 Å². The maximum Gasteiger partial charge on any atom is 0.0537 e. The Morgan fingerprint density at radius 2 is 2.20 bits per heavy atom. The topological polar surface area (TPSA) is 29.9 Å². The van der Waals surface area contributed by atoms with Crippen molar-refractivity contribution in [3.05, 3.63) is 53.3 Å². The molecule has 1 aromatic heterocycles. The third-order valence-corrected chi connectivity index (χ3v) is 4.19. The van der Waals surface area contributed by atoms with Gasteiger partial charge in [-0.25, -0.2) is 0 Å². The van der Waals surface area contributed by atoms with Crippen LogP contribution in [0, 0.1) is 0 Å². The van der Waals surface area contributed by atoms with Gasteiger partial charge in [0, 0.05) is 30.3 Å². The van der Waals surface area contributed by atoms with E-state index in [1.54, 1.807) is 0 Å². The normalized spacial score (nSPS) is 18.4. The van der Waals surface area contributed by atoms with Crippen LogP contribution in [-0.2, 0) is 13.0 Å². The monoisotopic (exact) mass is 269 g/mol. The van der Waals surface area contributed by atoms with Gasteiger partial charge in [-0.3, -0.25) is 4.68 Å². The Morgan fingerprint density at radius 3 is 2.95 bits per heavy atom. The van der Waals surface area contributed by atoms with Crippen molar-refractivity contribution in [1.29, 1.82) is 0 Å². The van der Waals surface area contributed by atoms with Gasteiger partial charge in [0.05, 0.1) is 6.20 Å². The number of aromatic nitrogens is 2. The van der Waals surface area contributed by atoms with Gasteiger partial charge >= 0.3 is 0 Å². The summed E-state index contributed by atoms with van der Waals surface area (Å²) in [5.74, 6) is 0.588. The molecule has 1 aliphatic carbocycles. The number of rotatable bonds is 6. The van der Waals surface area contributed by atoms with Crippen molar-refractivity contribution in [3.8, 4) is 0 Å². The fraction of sp³-hybridized carbons (Fsp3) is 0.471. The molecule has 0 amide bonds. The summed E-state index contributed by atoms with van der Waals surface area (Å²) in [6, 6.07) is 9.19. The lowest BCUT2D eigenvalue weighted by molar-refractivity contribution is 0.419. The average Bonchev–Trinajstić information content (AvgIpc) is 2.88. The van der Waals surface area contributed by atoms with Crippen LogP contribution in [0.25, 0.3) is 0 Å². The largest absolute Gasteiger partial charge is 0.310 e. The van der Waals surface area contributed by atoms with Crippen molar-refractivity contribution in [3.63, 3.8) is 0 Å². The van der Waals surface area contributed by atoms with Gasteiger partial charge in [-0.1, -0.05) is 38.1 Å². The Morgan fingerprint density at radius 1 is 1.35 bits per heavy atom. The fourth-order valence-corrected chi connectivity index (χ4v) is 3.20. The maximum atomic E-state index is 4.48. The van der Waals surface area contributed by atoms with E-state index in [0.29, 0.717) is 12.0 Å². The fourth-order valence-electron chi connectivity index (χ4n) is 3.20. The van der Waals surface area contributed by atoms with Crippen molar-refractivity contribution >= 4 is 0 Å². The number of hydrogen-bond donors (Lipinski definition) is 1. The number of aryl methyl sites for hydroxylation is 1. The smallest absolute Gasteiger partial charge is 0.0537 e. The molecule has 0 saturated carbocycles. The summed E-state index contributed by atoms with van der Waals surface area (Å²) in [4.78, 5) is 0. The number of nitrogens with zero attached hydrogens (tertiary/aromatic N) is 2. The molecule has 0 radical (unpaired) electrons. The summed E-state index contributed by atoms with van der Waals surface area (Å²) in [6.45, 7) is 6.35. The lowest BCUT2D eigenvalue weighted by Gasteiger charge is -2.36. The first-order valence-electron chi connectivity index (χ1n) is 7.67. The Hall–Kier alpha value is -1.61. The molecule has 2 unspecified atom stereocenters. The lowest BCUT2D eigenvalue weighted by atomic mass is 9.72. The third-order valence-electron chi connectivity index (χ3n) is 4.19. The van der Waals surface area contributed by atoms with Gasteiger partial charge in [0.2, 0.25) is 0 Å². The quantitative estimate of drug-likeness (QED) is 0.872. The second kappa shape index (κ2) is 5.80. The van der Waals surface area contributed by atoms with Crippen LogP contribution in [0.4, 0.5) is 0 Å². The van der Waals surface area contributed by atoms with Crippen LogP contribution >= 0.6 is 0 Å². The van der Waals surface area contributed by atoms with Crippen LogP contribution in [0.2, 0.25) is 0 Å². The number of likely N-dealkylation sites (N-methyl/N-ethyl adjacent to an activating group) is 1. The lowest BCUT2D eigenvalue weighted by Crippen LogP contribution is -2.33.